The third kappa shape index (κ3) is 3.56. The molecule has 5 heteroatoms. The molecule has 2 rings (SSSR count). The fourth-order valence-corrected chi connectivity index (χ4v) is 3.04. The van der Waals surface area contributed by atoms with E-state index in [9.17, 15) is 0 Å². The number of ether oxygens (including phenoxy) is 2. The third-order valence-electron chi connectivity index (χ3n) is 2.80. The molecule has 18 heavy (non-hydrogen) atoms. The molecule has 0 aromatic heterocycles. The van der Waals surface area contributed by atoms with Gasteiger partial charge in [0.2, 0.25) is 6.79 Å². The van der Waals surface area contributed by atoms with Crippen molar-refractivity contribution < 1.29 is 9.47 Å². The standard InChI is InChI=1S/C13H18BrNO2S/c1-9(7-18-2)5-15-6-10-3-12-13(4-11(10)14)17-8-16-12/h3-4,9,15H,5-8H2,1-2H3. The van der Waals surface area contributed by atoms with E-state index in [4.69, 9.17) is 9.47 Å². The normalized spacial score (nSPS) is 14.8. The van der Waals surface area contributed by atoms with Crippen LogP contribution in [0.2, 0.25) is 0 Å². The molecule has 1 aromatic rings. The van der Waals surface area contributed by atoms with E-state index in [1.165, 1.54) is 11.3 Å². The Labute approximate surface area is 121 Å². The monoisotopic (exact) mass is 331 g/mol. The van der Waals surface area contributed by atoms with Crippen LogP contribution in [0.4, 0.5) is 0 Å². The van der Waals surface area contributed by atoms with Crippen molar-refractivity contribution in [1.82, 2.24) is 5.32 Å². The largest absolute Gasteiger partial charge is 0.454 e. The number of benzene rings is 1. The summed E-state index contributed by atoms with van der Waals surface area (Å²) in [6, 6.07) is 4.02. The molecule has 0 aliphatic carbocycles. The molecule has 1 heterocycles. The summed E-state index contributed by atoms with van der Waals surface area (Å²) in [6.07, 6.45) is 2.14. The van der Waals surface area contributed by atoms with Gasteiger partial charge in [-0.2, -0.15) is 11.8 Å². The molecule has 3 nitrogen and oxygen atoms in total. The highest BCUT2D eigenvalue weighted by Gasteiger charge is 2.16. The SMILES string of the molecule is CSCC(C)CNCc1cc2c(cc1Br)OCO2. The Morgan fingerprint density at radius 2 is 2.11 bits per heavy atom. The van der Waals surface area contributed by atoms with Crippen LogP contribution in [-0.4, -0.2) is 25.3 Å². The zero-order valence-electron chi connectivity index (χ0n) is 10.7. The van der Waals surface area contributed by atoms with Gasteiger partial charge in [0.05, 0.1) is 0 Å². The summed E-state index contributed by atoms with van der Waals surface area (Å²) in [4.78, 5) is 0. The topological polar surface area (TPSA) is 30.5 Å². The quantitative estimate of drug-likeness (QED) is 0.866. The number of thioether (sulfide) groups is 1. The fourth-order valence-electron chi connectivity index (χ4n) is 1.89. The summed E-state index contributed by atoms with van der Waals surface area (Å²) in [5.74, 6) is 3.54. The molecule has 1 aromatic carbocycles. The van der Waals surface area contributed by atoms with Crippen molar-refractivity contribution in [2.24, 2.45) is 5.92 Å². The van der Waals surface area contributed by atoms with Crippen molar-refractivity contribution in [3.63, 3.8) is 0 Å². The van der Waals surface area contributed by atoms with Crippen LogP contribution in [0.3, 0.4) is 0 Å². The first-order chi connectivity index (χ1) is 8.70. The van der Waals surface area contributed by atoms with E-state index in [2.05, 4.69) is 34.4 Å². The minimum Gasteiger partial charge on any atom is -0.454 e. The zero-order chi connectivity index (χ0) is 13.0. The van der Waals surface area contributed by atoms with Gasteiger partial charge in [-0.15, -0.1) is 0 Å². The number of halogens is 1. The molecule has 1 unspecified atom stereocenters. The van der Waals surface area contributed by atoms with E-state index in [1.807, 2.05) is 23.9 Å². The van der Waals surface area contributed by atoms with Crippen LogP contribution in [0.25, 0.3) is 0 Å². The van der Waals surface area contributed by atoms with Crippen LogP contribution in [-0.2, 0) is 6.54 Å². The molecule has 1 N–H and O–H groups in total. The van der Waals surface area contributed by atoms with Gasteiger partial charge >= 0.3 is 0 Å². The summed E-state index contributed by atoms with van der Waals surface area (Å²) in [6.45, 7) is 4.46. The number of hydrogen-bond acceptors (Lipinski definition) is 4. The predicted molar refractivity (Wildman–Crippen MR) is 79.5 cm³/mol. The van der Waals surface area contributed by atoms with Gasteiger partial charge in [0.1, 0.15) is 0 Å². The molecule has 100 valence electrons. The third-order valence-corrected chi connectivity index (χ3v) is 4.44. The highest BCUT2D eigenvalue weighted by molar-refractivity contribution is 9.10. The van der Waals surface area contributed by atoms with Crippen LogP contribution in [0.1, 0.15) is 12.5 Å². The average molecular weight is 332 g/mol. The molecule has 0 spiro atoms. The van der Waals surface area contributed by atoms with Crippen molar-refractivity contribution in [2.75, 3.05) is 25.3 Å². The molecule has 1 aliphatic heterocycles. The van der Waals surface area contributed by atoms with Gasteiger partial charge in [0, 0.05) is 11.0 Å². The van der Waals surface area contributed by atoms with Crippen molar-refractivity contribution in [2.45, 2.75) is 13.5 Å². The summed E-state index contributed by atoms with van der Waals surface area (Å²) < 4.78 is 11.8. The smallest absolute Gasteiger partial charge is 0.231 e. The maximum absolute atomic E-state index is 5.39. The Balaban J connectivity index is 1.90. The summed E-state index contributed by atoms with van der Waals surface area (Å²) in [5, 5.41) is 3.48. The van der Waals surface area contributed by atoms with Gasteiger partial charge in [-0.25, -0.2) is 0 Å². The molecular weight excluding hydrogens is 314 g/mol. The lowest BCUT2D eigenvalue weighted by Gasteiger charge is -2.12. The van der Waals surface area contributed by atoms with Crippen molar-refractivity contribution in [3.05, 3.63) is 22.2 Å². The number of nitrogens with one attached hydrogen (secondary N) is 1. The van der Waals surface area contributed by atoms with Gasteiger partial charge in [-0.1, -0.05) is 22.9 Å². The van der Waals surface area contributed by atoms with Crippen LogP contribution >= 0.6 is 27.7 Å². The molecular formula is C13H18BrNO2S. The number of fused-ring (bicyclic) bond motifs is 1. The summed E-state index contributed by atoms with van der Waals surface area (Å²) in [5.41, 5.74) is 1.20. The Kier molecular flexibility index (Phi) is 5.21. The van der Waals surface area contributed by atoms with Gasteiger partial charge in [-0.3, -0.25) is 0 Å². The lowest BCUT2D eigenvalue weighted by Crippen LogP contribution is -2.22. The second kappa shape index (κ2) is 6.68. The van der Waals surface area contributed by atoms with E-state index in [0.29, 0.717) is 12.7 Å². The Morgan fingerprint density at radius 3 is 2.83 bits per heavy atom. The molecule has 1 atom stereocenters. The molecule has 0 saturated heterocycles. The molecule has 1 aliphatic rings. The van der Waals surface area contributed by atoms with E-state index in [1.54, 1.807) is 0 Å². The van der Waals surface area contributed by atoms with Crippen molar-refractivity contribution >= 4 is 27.7 Å². The highest BCUT2D eigenvalue weighted by atomic mass is 79.9. The number of hydrogen-bond donors (Lipinski definition) is 1. The second-order valence-corrected chi connectivity index (χ2v) is 6.25. The van der Waals surface area contributed by atoms with Crippen molar-refractivity contribution in [1.29, 1.82) is 0 Å². The Hall–Kier alpha value is -0.390. The molecule has 0 amide bonds. The van der Waals surface area contributed by atoms with E-state index >= 15 is 0 Å². The van der Waals surface area contributed by atoms with Crippen LogP contribution in [0, 0.1) is 5.92 Å². The predicted octanol–water partition coefficient (Wildman–Crippen LogP) is 3.27. The number of rotatable bonds is 6. The second-order valence-electron chi connectivity index (χ2n) is 4.49. The Morgan fingerprint density at radius 1 is 1.39 bits per heavy atom. The van der Waals surface area contributed by atoms with E-state index < -0.39 is 0 Å². The van der Waals surface area contributed by atoms with E-state index in [-0.39, 0.29) is 0 Å². The first-order valence-corrected chi connectivity index (χ1v) is 8.17. The minimum absolute atomic E-state index is 0.323. The highest BCUT2D eigenvalue weighted by Crippen LogP contribution is 2.36. The van der Waals surface area contributed by atoms with Crippen LogP contribution in [0.15, 0.2) is 16.6 Å². The molecule has 0 radical (unpaired) electrons. The fraction of sp³-hybridized carbons (Fsp3) is 0.538. The van der Waals surface area contributed by atoms with Crippen LogP contribution in [0.5, 0.6) is 11.5 Å². The Bertz CT molecular complexity index is 414. The molecule has 0 saturated carbocycles. The average Bonchev–Trinajstić information content (AvgIpc) is 2.76. The van der Waals surface area contributed by atoms with Gasteiger partial charge in [-0.05, 0) is 42.2 Å². The van der Waals surface area contributed by atoms with Gasteiger partial charge in [0.15, 0.2) is 11.5 Å². The van der Waals surface area contributed by atoms with Gasteiger partial charge < -0.3 is 14.8 Å². The zero-order valence-corrected chi connectivity index (χ0v) is 13.1. The van der Waals surface area contributed by atoms with E-state index in [0.717, 1.165) is 29.1 Å². The first kappa shape index (κ1) is 14.0. The summed E-state index contributed by atoms with van der Waals surface area (Å²) >= 11 is 5.46. The van der Waals surface area contributed by atoms with Gasteiger partial charge in [0.25, 0.3) is 0 Å². The minimum atomic E-state index is 0.323. The lowest BCUT2D eigenvalue weighted by molar-refractivity contribution is 0.174. The molecule has 0 fully saturated rings. The molecule has 0 bridgehead atoms. The maximum Gasteiger partial charge on any atom is 0.231 e. The maximum atomic E-state index is 5.39. The first-order valence-electron chi connectivity index (χ1n) is 5.98. The summed E-state index contributed by atoms with van der Waals surface area (Å²) in [7, 11) is 0. The lowest BCUT2D eigenvalue weighted by atomic mass is 10.2. The van der Waals surface area contributed by atoms with Crippen LogP contribution < -0.4 is 14.8 Å². The van der Waals surface area contributed by atoms with Crippen molar-refractivity contribution in [3.8, 4) is 11.5 Å².